The van der Waals surface area contributed by atoms with Crippen molar-refractivity contribution < 1.29 is 4.79 Å². The van der Waals surface area contributed by atoms with Crippen LogP contribution in [0.1, 0.15) is 10.4 Å². The van der Waals surface area contributed by atoms with Crippen molar-refractivity contribution >= 4 is 11.7 Å². The summed E-state index contributed by atoms with van der Waals surface area (Å²) >= 11 is 0. The number of carbonyl (C=O) groups excluding carboxylic acids is 1. The molecule has 3 aromatic rings. The molecule has 25 heavy (non-hydrogen) atoms. The number of aromatic nitrogens is 5. The number of pyridine rings is 1. The summed E-state index contributed by atoms with van der Waals surface area (Å²) in [6, 6.07) is 8.53. The van der Waals surface area contributed by atoms with Crippen LogP contribution in [0.2, 0.25) is 0 Å². The van der Waals surface area contributed by atoms with Crippen molar-refractivity contribution in [2.75, 3.05) is 18.4 Å². The first-order valence-corrected chi connectivity index (χ1v) is 7.66. The summed E-state index contributed by atoms with van der Waals surface area (Å²) in [5, 5.41) is 17.9. The normalized spacial score (nSPS) is 10.4. The van der Waals surface area contributed by atoms with Gasteiger partial charge in [0, 0.05) is 38.7 Å². The molecule has 0 aliphatic carbocycles. The van der Waals surface area contributed by atoms with Crippen molar-refractivity contribution in [3.63, 3.8) is 0 Å². The molecule has 0 atom stereocenters. The second kappa shape index (κ2) is 7.39. The number of amides is 1. The quantitative estimate of drug-likeness (QED) is 0.622. The minimum atomic E-state index is -0.400. The van der Waals surface area contributed by atoms with Gasteiger partial charge in [-0.2, -0.15) is 5.10 Å². The number of rotatable bonds is 6. The molecule has 0 saturated heterocycles. The first kappa shape index (κ1) is 16.4. The molecule has 0 unspecified atom stereocenters. The number of nitrogens with one attached hydrogen (secondary N) is 2. The van der Waals surface area contributed by atoms with Crippen molar-refractivity contribution in [1.82, 2.24) is 29.9 Å². The van der Waals surface area contributed by atoms with Gasteiger partial charge >= 0.3 is 0 Å². The fourth-order valence-electron chi connectivity index (χ4n) is 2.18. The number of hydrogen-bond acceptors (Lipinski definition) is 6. The Balaban J connectivity index is 1.49. The molecule has 0 fully saturated rings. The number of carbonyl (C=O) groups is 1. The van der Waals surface area contributed by atoms with Crippen molar-refractivity contribution in [3.05, 3.63) is 64.8 Å². The summed E-state index contributed by atoms with van der Waals surface area (Å²) < 4.78 is 2.97. The monoisotopic (exact) mass is 339 g/mol. The van der Waals surface area contributed by atoms with Gasteiger partial charge in [-0.3, -0.25) is 9.59 Å². The van der Waals surface area contributed by atoms with E-state index < -0.39 is 5.91 Å². The lowest BCUT2D eigenvalue weighted by atomic mass is 10.2. The van der Waals surface area contributed by atoms with E-state index in [-0.39, 0.29) is 11.1 Å². The van der Waals surface area contributed by atoms with Gasteiger partial charge in [0.05, 0.1) is 0 Å². The zero-order valence-electron chi connectivity index (χ0n) is 13.6. The molecule has 9 heteroatoms. The van der Waals surface area contributed by atoms with Crippen LogP contribution in [0.3, 0.4) is 0 Å². The van der Waals surface area contributed by atoms with Crippen LogP contribution in [-0.4, -0.2) is 43.5 Å². The first-order valence-electron chi connectivity index (χ1n) is 7.66. The first-order chi connectivity index (χ1) is 12.1. The lowest BCUT2D eigenvalue weighted by molar-refractivity contribution is 0.0953. The zero-order chi connectivity index (χ0) is 17.6. The van der Waals surface area contributed by atoms with Crippen LogP contribution in [0, 0.1) is 0 Å². The van der Waals surface area contributed by atoms with Crippen molar-refractivity contribution in [2.45, 2.75) is 0 Å². The van der Waals surface area contributed by atoms with Gasteiger partial charge in [-0.25, -0.2) is 4.68 Å². The predicted molar refractivity (Wildman–Crippen MR) is 91.7 cm³/mol. The van der Waals surface area contributed by atoms with Gasteiger partial charge < -0.3 is 15.2 Å². The van der Waals surface area contributed by atoms with Gasteiger partial charge in [-0.1, -0.05) is 0 Å². The van der Waals surface area contributed by atoms with E-state index in [4.69, 9.17) is 0 Å². The standard InChI is InChI=1S/C16H17N7O2/c1-22-10-2-4-12(16(22)25)15(24)18-9-8-17-13-5-6-14(21-20-13)23-11-3-7-19-23/h2-7,10-11H,8-9H2,1H3,(H,17,20)(H,18,24). The molecule has 0 aliphatic rings. The molecule has 9 nitrogen and oxygen atoms in total. The van der Waals surface area contributed by atoms with Crippen LogP contribution in [0.4, 0.5) is 5.82 Å². The van der Waals surface area contributed by atoms with Gasteiger partial charge in [0.15, 0.2) is 5.82 Å². The fraction of sp³-hybridized carbons (Fsp3) is 0.188. The largest absolute Gasteiger partial charge is 0.367 e. The van der Waals surface area contributed by atoms with Gasteiger partial charge in [0.25, 0.3) is 11.5 Å². The summed E-state index contributed by atoms with van der Waals surface area (Å²) in [5.41, 5.74) is -0.207. The Bertz CT molecular complexity index is 901. The van der Waals surface area contributed by atoms with E-state index in [0.717, 1.165) is 0 Å². The van der Waals surface area contributed by atoms with Crippen LogP contribution in [0.5, 0.6) is 0 Å². The third-order valence-corrected chi connectivity index (χ3v) is 3.47. The Morgan fingerprint density at radius 2 is 2.00 bits per heavy atom. The number of nitrogens with zero attached hydrogens (tertiary/aromatic N) is 5. The summed E-state index contributed by atoms with van der Waals surface area (Å²) in [6.45, 7) is 0.800. The maximum atomic E-state index is 12.0. The van der Waals surface area contributed by atoms with Gasteiger partial charge in [0.1, 0.15) is 11.4 Å². The average Bonchev–Trinajstić information content (AvgIpc) is 3.16. The molecular weight excluding hydrogens is 322 g/mol. The molecule has 3 heterocycles. The summed E-state index contributed by atoms with van der Waals surface area (Å²) in [4.78, 5) is 23.9. The second-order valence-corrected chi connectivity index (χ2v) is 5.25. The average molecular weight is 339 g/mol. The third kappa shape index (κ3) is 3.89. The van der Waals surface area contributed by atoms with Crippen LogP contribution < -0.4 is 16.2 Å². The minimum Gasteiger partial charge on any atom is -0.367 e. The maximum absolute atomic E-state index is 12.0. The zero-order valence-corrected chi connectivity index (χ0v) is 13.6. The molecule has 0 saturated carbocycles. The Labute approximate surface area is 143 Å². The van der Waals surface area contributed by atoms with E-state index in [9.17, 15) is 9.59 Å². The van der Waals surface area contributed by atoms with E-state index in [0.29, 0.717) is 24.7 Å². The molecule has 0 aromatic carbocycles. The Kier molecular flexibility index (Phi) is 4.84. The second-order valence-electron chi connectivity index (χ2n) is 5.25. The topological polar surface area (TPSA) is 107 Å². The lowest BCUT2D eigenvalue weighted by Gasteiger charge is -2.08. The number of aryl methyl sites for hydroxylation is 1. The molecule has 1 amide bonds. The Hall–Kier alpha value is -3.49. The third-order valence-electron chi connectivity index (χ3n) is 3.47. The molecule has 128 valence electrons. The Morgan fingerprint density at radius 1 is 1.12 bits per heavy atom. The highest BCUT2D eigenvalue weighted by Crippen LogP contribution is 2.04. The van der Waals surface area contributed by atoms with E-state index in [1.165, 1.54) is 10.6 Å². The summed E-state index contributed by atoms with van der Waals surface area (Å²) in [7, 11) is 1.60. The lowest BCUT2D eigenvalue weighted by Crippen LogP contribution is -2.34. The number of anilines is 1. The number of hydrogen-bond donors (Lipinski definition) is 2. The van der Waals surface area contributed by atoms with E-state index in [1.807, 2.05) is 0 Å². The van der Waals surface area contributed by atoms with Crippen molar-refractivity contribution in [1.29, 1.82) is 0 Å². The molecule has 3 rings (SSSR count). The maximum Gasteiger partial charge on any atom is 0.263 e. The van der Waals surface area contributed by atoms with Crippen LogP contribution >= 0.6 is 0 Å². The highest BCUT2D eigenvalue weighted by Gasteiger charge is 2.10. The predicted octanol–water partition coefficient (Wildman–Crippen LogP) is 0.203. The van der Waals surface area contributed by atoms with Crippen LogP contribution in [0.15, 0.2) is 53.7 Å². The van der Waals surface area contributed by atoms with Crippen LogP contribution in [-0.2, 0) is 7.05 Å². The highest BCUT2D eigenvalue weighted by molar-refractivity contribution is 5.93. The van der Waals surface area contributed by atoms with Crippen LogP contribution in [0.25, 0.3) is 5.82 Å². The van der Waals surface area contributed by atoms with E-state index in [1.54, 1.807) is 54.6 Å². The summed E-state index contributed by atoms with van der Waals surface area (Å²) in [5.74, 6) is 0.799. The SMILES string of the molecule is Cn1cccc(C(=O)NCCNc2ccc(-n3cccn3)nn2)c1=O. The van der Waals surface area contributed by atoms with Crippen molar-refractivity contribution in [2.24, 2.45) is 7.05 Å². The Morgan fingerprint density at radius 3 is 2.72 bits per heavy atom. The van der Waals surface area contributed by atoms with Crippen molar-refractivity contribution in [3.8, 4) is 5.82 Å². The molecule has 2 N–H and O–H groups in total. The van der Waals surface area contributed by atoms with E-state index in [2.05, 4.69) is 25.9 Å². The van der Waals surface area contributed by atoms with Gasteiger partial charge in [-0.15, -0.1) is 10.2 Å². The molecule has 0 aliphatic heterocycles. The van der Waals surface area contributed by atoms with E-state index >= 15 is 0 Å². The molecule has 0 bridgehead atoms. The van der Waals surface area contributed by atoms with Gasteiger partial charge in [0.2, 0.25) is 0 Å². The molecule has 0 radical (unpaired) electrons. The molecular formula is C16H17N7O2. The molecule has 0 spiro atoms. The smallest absolute Gasteiger partial charge is 0.263 e. The minimum absolute atomic E-state index is 0.119. The fourth-order valence-corrected chi connectivity index (χ4v) is 2.18. The highest BCUT2D eigenvalue weighted by atomic mass is 16.2. The summed E-state index contributed by atoms with van der Waals surface area (Å²) in [6.07, 6.45) is 5.04. The van der Waals surface area contributed by atoms with Gasteiger partial charge in [-0.05, 0) is 30.3 Å². The molecule has 3 aromatic heterocycles.